The molecule has 2 heterocycles. The van der Waals surface area contributed by atoms with Gasteiger partial charge in [0, 0.05) is 26.2 Å². The van der Waals surface area contributed by atoms with Crippen molar-refractivity contribution in [1.29, 1.82) is 5.41 Å². The molecule has 0 bridgehead atoms. The third kappa shape index (κ3) is 4.07. The molecule has 2 fully saturated rings. The van der Waals surface area contributed by atoms with Gasteiger partial charge in [-0.2, -0.15) is 0 Å². The van der Waals surface area contributed by atoms with Gasteiger partial charge in [-0.1, -0.05) is 67.6 Å². The number of benzene rings is 2. The van der Waals surface area contributed by atoms with Crippen molar-refractivity contribution < 1.29 is 9.59 Å². The monoisotopic (exact) mass is 433 g/mol. The minimum Gasteiger partial charge on any atom is -0.338 e. The van der Waals surface area contributed by atoms with Gasteiger partial charge in [0.05, 0.1) is 0 Å². The van der Waals surface area contributed by atoms with Crippen LogP contribution in [0.3, 0.4) is 0 Å². The number of likely N-dealkylation sites (tertiary alicyclic amines) is 1. The van der Waals surface area contributed by atoms with Crippen LogP contribution in [0.5, 0.6) is 0 Å². The maximum atomic E-state index is 13.9. The molecular weight excluding hydrogens is 402 g/mol. The third-order valence-electron chi connectivity index (χ3n) is 6.42. The Hall–Kier alpha value is -3.35. The number of guanidine groups is 1. The van der Waals surface area contributed by atoms with E-state index >= 15 is 0 Å². The van der Waals surface area contributed by atoms with Crippen LogP contribution in [0.25, 0.3) is 0 Å². The Bertz CT molecular complexity index is 915. The summed E-state index contributed by atoms with van der Waals surface area (Å²) in [5, 5.41) is 14.8. The normalized spacial score (nSPS) is 18.5. The van der Waals surface area contributed by atoms with Crippen molar-refractivity contribution >= 4 is 17.9 Å². The molecule has 7 heteroatoms. The summed E-state index contributed by atoms with van der Waals surface area (Å²) >= 11 is 0. The van der Waals surface area contributed by atoms with Crippen molar-refractivity contribution in [2.45, 2.75) is 31.7 Å². The number of carbonyl (C=O) groups excluding carboxylic acids is 2. The number of urea groups is 1. The van der Waals surface area contributed by atoms with Crippen LogP contribution in [0, 0.1) is 11.3 Å². The summed E-state index contributed by atoms with van der Waals surface area (Å²) in [6, 6.07) is 19.2. The molecule has 7 nitrogen and oxygen atoms in total. The lowest BCUT2D eigenvalue weighted by Crippen LogP contribution is -2.47. The summed E-state index contributed by atoms with van der Waals surface area (Å²) in [6.45, 7) is 4.55. The van der Waals surface area contributed by atoms with E-state index in [0.29, 0.717) is 26.2 Å². The van der Waals surface area contributed by atoms with Crippen LogP contribution in [0.1, 0.15) is 37.3 Å². The van der Waals surface area contributed by atoms with E-state index < -0.39 is 5.54 Å². The second-order valence-electron chi connectivity index (χ2n) is 8.53. The van der Waals surface area contributed by atoms with E-state index in [1.165, 1.54) is 0 Å². The first-order chi connectivity index (χ1) is 15.6. The number of carbonyl (C=O) groups is 2. The van der Waals surface area contributed by atoms with E-state index in [0.717, 1.165) is 30.4 Å². The van der Waals surface area contributed by atoms with Crippen molar-refractivity contribution in [2.75, 3.05) is 26.2 Å². The van der Waals surface area contributed by atoms with Crippen molar-refractivity contribution in [2.24, 2.45) is 5.92 Å². The van der Waals surface area contributed by atoms with Crippen LogP contribution >= 0.6 is 0 Å². The second kappa shape index (κ2) is 9.42. The Morgan fingerprint density at radius 1 is 1.06 bits per heavy atom. The van der Waals surface area contributed by atoms with Gasteiger partial charge in [0.25, 0.3) is 5.91 Å². The van der Waals surface area contributed by atoms with Crippen molar-refractivity contribution in [3.05, 3.63) is 71.8 Å². The molecule has 2 aliphatic heterocycles. The first-order valence-corrected chi connectivity index (χ1v) is 11.4. The topological polar surface area (TPSA) is 88.5 Å². The molecule has 0 radical (unpaired) electrons. The first-order valence-electron chi connectivity index (χ1n) is 11.4. The molecule has 3 N–H and O–H groups in total. The molecular formula is C25H31N5O2. The summed E-state index contributed by atoms with van der Waals surface area (Å²) in [5.74, 6) is 0.257. The molecule has 3 amide bonds. The SMILES string of the molecule is CCCNC(=O)N1CCC(CN2C(=N)NC(c3ccccc3)(c3ccccc3)C2=O)CC1. The number of rotatable bonds is 6. The maximum absolute atomic E-state index is 13.9. The Morgan fingerprint density at radius 2 is 1.62 bits per heavy atom. The van der Waals surface area contributed by atoms with Gasteiger partial charge in [0.15, 0.2) is 11.5 Å². The van der Waals surface area contributed by atoms with Crippen LogP contribution in [0.4, 0.5) is 4.79 Å². The zero-order valence-electron chi connectivity index (χ0n) is 18.5. The molecule has 2 saturated heterocycles. The average molecular weight is 434 g/mol. The van der Waals surface area contributed by atoms with E-state index in [2.05, 4.69) is 10.6 Å². The van der Waals surface area contributed by atoms with Gasteiger partial charge >= 0.3 is 6.03 Å². The van der Waals surface area contributed by atoms with Gasteiger partial charge < -0.3 is 15.5 Å². The highest BCUT2D eigenvalue weighted by Gasteiger charge is 2.52. The number of amides is 3. The van der Waals surface area contributed by atoms with E-state index in [1.54, 1.807) is 4.90 Å². The fourth-order valence-electron chi connectivity index (χ4n) is 4.63. The van der Waals surface area contributed by atoms with E-state index in [4.69, 9.17) is 5.41 Å². The molecule has 4 rings (SSSR count). The van der Waals surface area contributed by atoms with Gasteiger partial charge in [-0.15, -0.1) is 0 Å². The smallest absolute Gasteiger partial charge is 0.317 e. The van der Waals surface area contributed by atoms with Gasteiger partial charge in [-0.05, 0) is 36.3 Å². The van der Waals surface area contributed by atoms with Gasteiger partial charge in [-0.25, -0.2) is 4.79 Å². The molecule has 32 heavy (non-hydrogen) atoms. The number of hydrogen-bond donors (Lipinski definition) is 3. The summed E-state index contributed by atoms with van der Waals surface area (Å²) in [5.41, 5.74) is 0.553. The minimum atomic E-state index is -1.10. The molecule has 2 aromatic rings. The van der Waals surface area contributed by atoms with Crippen molar-refractivity contribution in [3.63, 3.8) is 0 Å². The molecule has 2 aromatic carbocycles. The lowest BCUT2D eigenvalue weighted by atomic mass is 9.82. The highest BCUT2D eigenvalue weighted by Crippen LogP contribution is 2.36. The van der Waals surface area contributed by atoms with Crippen LogP contribution in [-0.4, -0.2) is 53.9 Å². The van der Waals surface area contributed by atoms with Gasteiger partial charge in [0.2, 0.25) is 0 Å². The summed E-state index contributed by atoms with van der Waals surface area (Å²) in [6.07, 6.45) is 2.56. The predicted molar refractivity (Wildman–Crippen MR) is 124 cm³/mol. The zero-order chi connectivity index (χ0) is 22.6. The Morgan fingerprint density at radius 3 is 2.16 bits per heavy atom. The van der Waals surface area contributed by atoms with Crippen molar-refractivity contribution in [1.82, 2.24) is 20.4 Å². The minimum absolute atomic E-state index is 0.0101. The first kappa shape index (κ1) is 21.9. The standard InChI is InChI=1S/C25H31N5O2/c1-2-15-27-24(32)29-16-13-19(14-17-29)18-30-22(31)25(28-23(30)26,20-9-5-3-6-10-20)21-11-7-4-8-12-21/h3-12,19H,2,13-18H2,1H3,(H2,26,28)(H,27,32). The molecule has 0 unspecified atom stereocenters. The molecule has 0 saturated carbocycles. The van der Waals surface area contributed by atoms with E-state index in [-0.39, 0.29) is 23.8 Å². The number of hydrogen-bond acceptors (Lipinski definition) is 3. The predicted octanol–water partition coefficient (Wildman–Crippen LogP) is 3.13. The fourth-order valence-corrected chi connectivity index (χ4v) is 4.63. The lowest BCUT2D eigenvalue weighted by Gasteiger charge is -2.34. The van der Waals surface area contributed by atoms with Crippen LogP contribution < -0.4 is 10.6 Å². The van der Waals surface area contributed by atoms with Crippen molar-refractivity contribution in [3.8, 4) is 0 Å². The largest absolute Gasteiger partial charge is 0.338 e. The van der Waals surface area contributed by atoms with E-state index in [1.807, 2.05) is 72.5 Å². The third-order valence-corrected chi connectivity index (χ3v) is 6.42. The average Bonchev–Trinajstić information content (AvgIpc) is 3.09. The summed E-state index contributed by atoms with van der Waals surface area (Å²) in [4.78, 5) is 29.5. The van der Waals surface area contributed by atoms with Crippen LogP contribution in [0.15, 0.2) is 60.7 Å². The quantitative estimate of drug-likeness (QED) is 0.654. The Kier molecular flexibility index (Phi) is 6.44. The maximum Gasteiger partial charge on any atom is 0.317 e. The molecule has 2 aliphatic rings. The zero-order valence-corrected chi connectivity index (χ0v) is 18.5. The Labute approximate surface area is 189 Å². The fraction of sp³-hybridized carbons (Fsp3) is 0.400. The van der Waals surface area contributed by atoms with Gasteiger partial charge in [-0.3, -0.25) is 15.1 Å². The van der Waals surface area contributed by atoms with E-state index in [9.17, 15) is 9.59 Å². The number of piperidine rings is 1. The van der Waals surface area contributed by atoms with Crippen LogP contribution in [0.2, 0.25) is 0 Å². The van der Waals surface area contributed by atoms with Crippen LogP contribution in [-0.2, 0) is 10.3 Å². The molecule has 168 valence electrons. The Balaban J connectivity index is 1.50. The molecule has 0 spiro atoms. The summed E-state index contributed by atoms with van der Waals surface area (Å²) in [7, 11) is 0. The highest BCUT2D eigenvalue weighted by molar-refractivity contribution is 6.10. The molecule has 0 aromatic heterocycles. The van der Waals surface area contributed by atoms with Gasteiger partial charge in [0.1, 0.15) is 0 Å². The molecule has 0 aliphatic carbocycles. The number of nitrogens with zero attached hydrogens (tertiary/aromatic N) is 2. The highest BCUT2D eigenvalue weighted by atomic mass is 16.2. The summed E-state index contributed by atoms with van der Waals surface area (Å²) < 4.78 is 0. The second-order valence-corrected chi connectivity index (χ2v) is 8.53. The molecule has 0 atom stereocenters. The lowest BCUT2D eigenvalue weighted by molar-refractivity contribution is -0.130. The number of nitrogens with one attached hydrogen (secondary N) is 3.